The molecule has 4 heteroatoms. The third-order valence-corrected chi connectivity index (χ3v) is 2.68. The number of nitrogens with one attached hydrogen (secondary N) is 1. The van der Waals surface area contributed by atoms with E-state index in [2.05, 4.69) is 5.32 Å². The van der Waals surface area contributed by atoms with Gasteiger partial charge in [-0.15, -0.1) is 0 Å². The van der Waals surface area contributed by atoms with Crippen molar-refractivity contribution >= 4 is 29.3 Å². The molecule has 0 amide bonds. The fraction of sp³-hybridized carbons (Fsp3) is 0.250. The summed E-state index contributed by atoms with van der Waals surface area (Å²) < 4.78 is 4.94. The molecule has 1 atom stereocenters. The van der Waals surface area contributed by atoms with Gasteiger partial charge in [0.15, 0.2) is 0 Å². The first-order valence-electron chi connectivity index (χ1n) is 5.10. The summed E-state index contributed by atoms with van der Waals surface area (Å²) in [7, 11) is 0. The number of para-hydroxylation sites is 1. The first-order chi connectivity index (χ1) is 7.72. The van der Waals surface area contributed by atoms with E-state index in [-0.39, 0.29) is 5.97 Å². The van der Waals surface area contributed by atoms with Crippen molar-refractivity contribution in [3.8, 4) is 0 Å². The Morgan fingerprint density at radius 1 is 1.50 bits per heavy atom. The van der Waals surface area contributed by atoms with Gasteiger partial charge >= 0.3 is 5.97 Å². The molecule has 0 aliphatic carbocycles. The van der Waals surface area contributed by atoms with Crippen molar-refractivity contribution in [2.24, 2.45) is 0 Å². The smallest absolute Gasteiger partial charge is 0.337 e. The second kappa shape index (κ2) is 4.58. The quantitative estimate of drug-likeness (QED) is 0.488. The molecule has 3 nitrogen and oxygen atoms in total. The van der Waals surface area contributed by atoms with Crippen LogP contribution in [-0.2, 0) is 9.53 Å². The van der Waals surface area contributed by atoms with Crippen LogP contribution in [-0.4, -0.2) is 18.1 Å². The summed E-state index contributed by atoms with van der Waals surface area (Å²) in [4.78, 5) is 11.6. The molecule has 0 radical (unpaired) electrons. The van der Waals surface area contributed by atoms with Crippen LogP contribution in [0.4, 0.5) is 5.69 Å². The summed E-state index contributed by atoms with van der Waals surface area (Å²) in [6, 6.07) is 7.67. The second-order valence-corrected chi connectivity index (χ2v) is 3.85. The number of alkyl halides is 1. The van der Waals surface area contributed by atoms with Crippen molar-refractivity contribution in [3.05, 3.63) is 35.4 Å². The number of rotatable bonds is 2. The van der Waals surface area contributed by atoms with Gasteiger partial charge in [-0.3, -0.25) is 0 Å². The van der Waals surface area contributed by atoms with E-state index in [4.69, 9.17) is 16.3 Å². The molecule has 1 aromatic rings. The SMILES string of the molecule is CCOC(=O)C1=Cc2ccccc2NC1Cl. The van der Waals surface area contributed by atoms with E-state index in [1.54, 1.807) is 13.0 Å². The highest BCUT2D eigenvalue weighted by molar-refractivity contribution is 6.27. The van der Waals surface area contributed by atoms with Crippen molar-refractivity contribution in [3.63, 3.8) is 0 Å². The van der Waals surface area contributed by atoms with Gasteiger partial charge in [0, 0.05) is 5.69 Å². The molecule has 1 aromatic carbocycles. The Kier molecular flexibility index (Phi) is 3.15. The Morgan fingerprint density at radius 2 is 2.25 bits per heavy atom. The van der Waals surface area contributed by atoms with Crippen LogP contribution >= 0.6 is 11.6 Å². The second-order valence-electron chi connectivity index (χ2n) is 3.41. The Balaban J connectivity index is 2.33. The number of halogens is 1. The van der Waals surface area contributed by atoms with Gasteiger partial charge in [-0.2, -0.15) is 0 Å². The average Bonchev–Trinajstić information content (AvgIpc) is 2.28. The largest absolute Gasteiger partial charge is 0.463 e. The Morgan fingerprint density at radius 3 is 3.00 bits per heavy atom. The Hall–Kier alpha value is -1.48. The maximum Gasteiger partial charge on any atom is 0.337 e. The number of benzene rings is 1. The highest BCUT2D eigenvalue weighted by Gasteiger charge is 2.24. The number of carbonyl (C=O) groups is 1. The van der Waals surface area contributed by atoms with Crippen molar-refractivity contribution < 1.29 is 9.53 Å². The standard InChI is InChI=1S/C12H12ClNO2/c1-2-16-12(15)9-7-8-5-3-4-6-10(8)14-11(9)13/h3-7,11,14H,2H2,1H3. The van der Waals surface area contributed by atoms with Gasteiger partial charge in [-0.1, -0.05) is 29.8 Å². The first-order valence-corrected chi connectivity index (χ1v) is 5.54. The maximum atomic E-state index is 11.6. The zero-order chi connectivity index (χ0) is 11.5. The normalized spacial score (nSPS) is 18.1. The van der Waals surface area contributed by atoms with Crippen LogP contribution in [0.3, 0.4) is 0 Å². The lowest BCUT2D eigenvalue weighted by molar-refractivity contribution is -0.138. The molecule has 1 aliphatic rings. The Labute approximate surface area is 99.1 Å². The van der Waals surface area contributed by atoms with Crippen LogP contribution in [0.1, 0.15) is 12.5 Å². The zero-order valence-electron chi connectivity index (χ0n) is 8.87. The third-order valence-electron chi connectivity index (χ3n) is 2.34. The number of fused-ring (bicyclic) bond motifs is 1. The highest BCUT2D eigenvalue weighted by atomic mass is 35.5. The van der Waals surface area contributed by atoms with Gasteiger partial charge in [0.25, 0.3) is 0 Å². The van der Waals surface area contributed by atoms with Gasteiger partial charge in [-0.05, 0) is 24.6 Å². The molecule has 0 saturated heterocycles. The molecule has 1 unspecified atom stereocenters. The van der Waals surface area contributed by atoms with Crippen LogP contribution in [0.25, 0.3) is 6.08 Å². The van der Waals surface area contributed by atoms with Crippen LogP contribution in [0, 0.1) is 0 Å². The number of ether oxygens (including phenoxy) is 1. The van der Waals surface area contributed by atoms with Crippen LogP contribution in [0.5, 0.6) is 0 Å². The summed E-state index contributed by atoms with van der Waals surface area (Å²) in [6.45, 7) is 2.12. The van der Waals surface area contributed by atoms with Gasteiger partial charge < -0.3 is 10.1 Å². The lowest BCUT2D eigenvalue weighted by Crippen LogP contribution is -2.25. The van der Waals surface area contributed by atoms with Crippen molar-refractivity contribution in [1.29, 1.82) is 0 Å². The van der Waals surface area contributed by atoms with Gasteiger partial charge in [-0.25, -0.2) is 4.79 Å². The van der Waals surface area contributed by atoms with Crippen LogP contribution in [0.2, 0.25) is 0 Å². The molecule has 1 heterocycles. The minimum absolute atomic E-state index is 0.349. The van der Waals surface area contributed by atoms with Gasteiger partial charge in [0.2, 0.25) is 0 Å². The summed E-state index contributed by atoms with van der Waals surface area (Å²) >= 11 is 6.06. The lowest BCUT2D eigenvalue weighted by Gasteiger charge is -2.22. The van der Waals surface area contributed by atoms with E-state index in [0.717, 1.165) is 11.3 Å². The molecule has 1 N–H and O–H groups in total. The van der Waals surface area contributed by atoms with Crippen molar-refractivity contribution in [2.75, 3.05) is 11.9 Å². The van der Waals surface area contributed by atoms with E-state index in [1.165, 1.54) is 0 Å². The first kappa shape index (κ1) is 11.0. The molecular formula is C12H12ClNO2. The highest BCUT2D eigenvalue weighted by Crippen LogP contribution is 2.28. The van der Waals surface area contributed by atoms with E-state index >= 15 is 0 Å². The minimum atomic E-state index is -0.533. The molecule has 0 bridgehead atoms. The summed E-state index contributed by atoms with van der Waals surface area (Å²) in [5, 5.41) is 3.05. The predicted octanol–water partition coefficient (Wildman–Crippen LogP) is 2.62. The molecule has 1 aliphatic heterocycles. The number of anilines is 1. The van der Waals surface area contributed by atoms with E-state index in [9.17, 15) is 4.79 Å². The third kappa shape index (κ3) is 2.04. The van der Waals surface area contributed by atoms with Crippen LogP contribution < -0.4 is 5.32 Å². The topological polar surface area (TPSA) is 38.3 Å². The molecule has 16 heavy (non-hydrogen) atoms. The fourth-order valence-corrected chi connectivity index (χ4v) is 1.86. The van der Waals surface area contributed by atoms with Crippen molar-refractivity contribution in [2.45, 2.75) is 12.4 Å². The fourth-order valence-electron chi connectivity index (χ4n) is 1.59. The number of hydrogen-bond donors (Lipinski definition) is 1. The monoisotopic (exact) mass is 237 g/mol. The summed E-state index contributed by atoms with van der Waals surface area (Å²) in [6.07, 6.45) is 1.77. The average molecular weight is 238 g/mol. The van der Waals surface area contributed by atoms with E-state index in [0.29, 0.717) is 12.2 Å². The van der Waals surface area contributed by atoms with Crippen molar-refractivity contribution in [1.82, 2.24) is 0 Å². The Bertz CT molecular complexity index is 442. The molecule has 84 valence electrons. The zero-order valence-corrected chi connectivity index (χ0v) is 9.62. The minimum Gasteiger partial charge on any atom is -0.463 e. The maximum absolute atomic E-state index is 11.6. The van der Waals surface area contributed by atoms with Crippen LogP contribution in [0.15, 0.2) is 29.8 Å². The molecule has 0 saturated carbocycles. The number of esters is 1. The molecular weight excluding hydrogens is 226 g/mol. The van der Waals surface area contributed by atoms with E-state index in [1.807, 2.05) is 24.3 Å². The van der Waals surface area contributed by atoms with Gasteiger partial charge in [0.1, 0.15) is 5.50 Å². The van der Waals surface area contributed by atoms with E-state index < -0.39 is 5.50 Å². The number of carbonyl (C=O) groups excluding carboxylic acids is 1. The van der Waals surface area contributed by atoms with Gasteiger partial charge in [0.05, 0.1) is 12.2 Å². The molecule has 0 aromatic heterocycles. The molecule has 2 rings (SSSR count). The lowest BCUT2D eigenvalue weighted by atomic mass is 10.0. The summed E-state index contributed by atoms with van der Waals surface area (Å²) in [5.41, 5.74) is 1.79. The predicted molar refractivity (Wildman–Crippen MR) is 64.3 cm³/mol. The summed E-state index contributed by atoms with van der Waals surface area (Å²) in [5.74, 6) is -0.371. The molecule has 0 spiro atoms. The molecule has 0 fully saturated rings. The number of hydrogen-bond acceptors (Lipinski definition) is 3.